The molecule has 0 saturated carbocycles. The Morgan fingerprint density at radius 2 is 1.59 bits per heavy atom. The van der Waals surface area contributed by atoms with Gasteiger partial charge >= 0.3 is 0 Å². The monoisotopic (exact) mass is 477 g/mol. The van der Waals surface area contributed by atoms with Gasteiger partial charge in [-0.2, -0.15) is 4.31 Å². The second kappa shape index (κ2) is 11.0. The molecule has 1 aliphatic rings. The van der Waals surface area contributed by atoms with E-state index in [9.17, 15) is 13.2 Å². The van der Waals surface area contributed by atoms with Crippen LogP contribution in [0.3, 0.4) is 0 Å². The first-order valence-electron chi connectivity index (χ1n) is 11.7. The lowest BCUT2D eigenvalue weighted by molar-refractivity contribution is -0.133. The summed E-state index contributed by atoms with van der Waals surface area (Å²) in [6, 6.07) is 22.9. The van der Waals surface area contributed by atoms with E-state index in [0.29, 0.717) is 13.1 Å². The van der Waals surface area contributed by atoms with Crippen molar-refractivity contribution in [3.8, 4) is 0 Å². The molecule has 0 spiro atoms. The van der Waals surface area contributed by atoms with E-state index in [-0.39, 0.29) is 23.9 Å². The van der Waals surface area contributed by atoms with Gasteiger partial charge in [-0.1, -0.05) is 79.7 Å². The van der Waals surface area contributed by atoms with Crippen LogP contribution >= 0.6 is 0 Å². The molecule has 4 rings (SSSR count). The zero-order valence-electron chi connectivity index (χ0n) is 19.5. The molecular weight excluding hydrogens is 446 g/mol. The molecule has 34 heavy (non-hydrogen) atoms. The van der Waals surface area contributed by atoms with Crippen molar-refractivity contribution >= 4 is 32.8 Å². The number of nitrogens with zero attached hydrogens (tertiary/aromatic N) is 3. The van der Waals surface area contributed by atoms with E-state index in [2.05, 4.69) is 29.2 Å². The average Bonchev–Trinajstić information content (AvgIpc) is 2.87. The summed E-state index contributed by atoms with van der Waals surface area (Å²) in [5, 5.41) is 1.85. The maximum atomic E-state index is 13.3. The number of benzene rings is 3. The number of likely N-dealkylation sites (N-methyl/N-ethyl adjacent to an activating group) is 1. The Morgan fingerprint density at radius 3 is 2.29 bits per heavy atom. The third-order valence-electron chi connectivity index (χ3n) is 6.22. The summed E-state index contributed by atoms with van der Waals surface area (Å²) in [4.78, 5) is 17.2. The minimum Gasteiger partial charge on any atom is -0.339 e. The summed E-state index contributed by atoms with van der Waals surface area (Å²) >= 11 is 0. The summed E-state index contributed by atoms with van der Waals surface area (Å²) in [7, 11) is -3.76. The number of piperazine rings is 1. The van der Waals surface area contributed by atoms with Gasteiger partial charge < -0.3 is 4.90 Å². The quantitative estimate of drug-likeness (QED) is 0.496. The molecule has 0 unspecified atom stereocenters. The fraction of sp³-hybridized carbons (Fsp3) is 0.296. The maximum absolute atomic E-state index is 13.3. The average molecular weight is 478 g/mol. The summed E-state index contributed by atoms with van der Waals surface area (Å²) in [5.74, 6) is -0.148. The number of rotatable bonds is 8. The van der Waals surface area contributed by atoms with Crippen LogP contribution in [-0.4, -0.2) is 74.2 Å². The zero-order valence-corrected chi connectivity index (χ0v) is 20.3. The summed E-state index contributed by atoms with van der Waals surface area (Å²) in [6.07, 6.45) is 4.25. The molecule has 3 aromatic carbocycles. The van der Waals surface area contributed by atoms with E-state index in [4.69, 9.17) is 0 Å². The van der Waals surface area contributed by atoms with Crippen molar-refractivity contribution in [2.24, 2.45) is 0 Å². The van der Waals surface area contributed by atoms with E-state index in [0.717, 1.165) is 30.4 Å². The number of carbonyl (C=O) groups excluding carboxylic acids is 1. The molecule has 6 nitrogen and oxygen atoms in total. The van der Waals surface area contributed by atoms with E-state index in [1.54, 1.807) is 24.0 Å². The number of hydrogen-bond donors (Lipinski definition) is 0. The number of hydrogen-bond acceptors (Lipinski definition) is 4. The van der Waals surface area contributed by atoms with Crippen molar-refractivity contribution < 1.29 is 13.2 Å². The standard InChI is InChI=1S/C27H31N3O3S/c1-2-30(34(32,33)26-15-14-24-12-6-7-13-25(24)21-26)22-27(31)29-19-17-28(18-20-29)16-8-11-23-9-4-3-5-10-23/h3-15,21H,2,16-20,22H2,1H3/b11-8+. The Morgan fingerprint density at radius 1 is 0.912 bits per heavy atom. The van der Waals surface area contributed by atoms with Gasteiger partial charge in [0.1, 0.15) is 0 Å². The Hall–Kier alpha value is -3.00. The Labute approximate surface area is 202 Å². The van der Waals surface area contributed by atoms with Gasteiger partial charge in [-0.3, -0.25) is 9.69 Å². The fourth-order valence-corrected chi connectivity index (χ4v) is 5.61. The van der Waals surface area contributed by atoms with Gasteiger partial charge in [0.05, 0.1) is 11.4 Å². The molecule has 0 radical (unpaired) electrons. The molecule has 1 amide bonds. The van der Waals surface area contributed by atoms with Crippen molar-refractivity contribution in [1.29, 1.82) is 0 Å². The molecule has 0 aromatic heterocycles. The summed E-state index contributed by atoms with van der Waals surface area (Å²) < 4.78 is 27.8. The molecule has 1 fully saturated rings. The topological polar surface area (TPSA) is 60.9 Å². The van der Waals surface area contributed by atoms with E-state index < -0.39 is 10.0 Å². The van der Waals surface area contributed by atoms with Crippen LogP contribution in [0.15, 0.2) is 83.8 Å². The lowest BCUT2D eigenvalue weighted by Gasteiger charge is -2.35. The third-order valence-corrected chi connectivity index (χ3v) is 8.14. The number of amides is 1. The zero-order chi connectivity index (χ0) is 24.0. The SMILES string of the molecule is CCN(CC(=O)N1CCN(C/C=C/c2ccccc2)CC1)S(=O)(=O)c1ccc2ccccc2c1. The normalized spacial score (nSPS) is 15.4. The molecule has 1 saturated heterocycles. The van der Waals surface area contributed by atoms with Gasteiger partial charge in [0.25, 0.3) is 0 Å². The highest BCUT2D eigenvalue weighted by Gasteiger charge is 2.28. The maximum Gasteiger partial charge on any atom is 0.243 e. The predicted octanol–water partition coefficient (Wildman–Crippen LogP) is 3.71. The predicted molar refractivity (Wildman–Crippen MR) is 137 cm³/mol. The van der Waals surface area contributed by atoms with E-state index in [1.807, 2.05) is 48.5 Å². The molecule has 3 aromatic rings. The molecule has 178 valence electrons. The van der Waals surface area contributed by atoms with Crippen molar-refractivity contribution in [2.45, 2.75) is 11.8 Å². The molecule has 0 aliphatic carbocycles. The smallest absolute Gasteiger partial charge is 0.243 e. The van der Waals surface area contributed by atoms with Crippen LogP contribution in [-0.2, 0) is 14.8 Å². The van der Waals surface area contributed by atoms with E-state index in [1.165, 1.54) is 9.87 Å². The van der Waals surface area contributed by atoms with Crippen LogP contribution < -0.4 is 0 Å². The fourth-order valence-electron chi connectivity index (χ4n) is 4.18. The largest absolute Gasteiger partial charge is 0.339 e. The second-order valence-corrected chi connectivity index (χ2v) is 10.4. The van der Waals surface area contributed by atoms with Gasteiger partial charge in [-0.25, -0.2) is 8.42 Å². The van der Waals surface area contributed by atoms with Gasteiger partial charge in [-0.05, 0) is 28.5 Å². The number of fused-ring (bicyclic) bond motifs is 1. The number of sulfonamides is 1. The van der Waals surface area contributed by atoms with Crippen molar-refractivity contribution in [3.63, 3.8) is 0 Å². The lowest BCUT2D eigenvalue weighted by atomic mass is 10.1. The molecule has 7 heteroatoms. The highest BCUT2D eigenvalue weighted by molar-refractivity contribution is 7.89. The van der Waals surface area contributed by atoms with Gasteiger partial charge in [0.2, 0.25) is 15.9 Å². The first-order valence-corrected chi connectivity index (χ1v) is 13.1. The van der Waals surface area contributed by atoms with Crippen molar-refractivity contribution in [2.75, 3.05) is 45.8 Å². The highest BCUT2D eigenvalue weighted by atomic mass is 32.2. The van der Waals surface area contributed by atoms with Crippen molar-refractivity contribution in [1.82, 2.24) is 14.1 Å². The van der Waals surface area contributed by atoms with Crippen molar-refractivity contribution in [3.05, 3.63) is 84.4 Å². The van der Waals surface area contributed by atoms with Gasteiger partial charge in [-0.15, -0.1) is 0 Å². The Balaban J connectivity index is 1.33. The molecular formula is C27H31N3O3S. The first-order chi connectivity index (χ1) is 16.5. The van der Waals surface area contributed by atoms with E-state index >= 15 is 0 Å². The van der Waals surface area contributed by atoms with Crippen LogP contribution in [0.25, 0.3) is 16.8 Å². The molecule has 0 atom stereocenters. The first kappa shape index (κ1) is 24.1. The third kappa shape index (κ3) is 5.73. The Bertz CT molecular complexity index is 1250. The summed E-state index contributed by atoms with van der Waals surface area (Å²) in [5.41, 5.74) is 1.17. The van der Waals surface area contributed by atoms with Crippen LogP contribution in [0.1, 0.15) is 12.5 Å². The summed E-state index contributed by atoms with van der Waals surface area (Å²) in [6.45, 7) is 5.45. The molecule has 1 heterocycles. The van der Waals surface area contributed by atoms with Crippen LogP contribution in [0.5, 0.6) is 0 Å². The lowest BCUT2D eigenvalue weighted by Crippen LogP contribution is -2.51. The Kier molecular flexibility index (Phi) is 7.77. The number of carbonyl (C=O) groups is 1. The van der Waals surface area contributed by atoms with Gasteiger partial charge in [0.15, 0.2) is 0 Å². The minimum absolute atomic E-state index is 0.139. The van der Waals surface area contributed by atoms with Crippen LogP contribution in [0.2, 0.25) is 0 Å². The molecule has 1 aliphatic heterocycles. The second-order valence-electron chi connectivity index (χ2n) is 8.43. The van der Waals surface area contributed by atoms with Crippen LogP contribution in [0, 0.1) is 0 Å². The highest BCUT2D eigenvalue weighted by Crippen LogP contribution is 2.22. The molecule has 0 N–H and O–H groups in total. The van der Waals surface area contributed by atoms with Gasteiger partial charge in [0, 0.05) is 39.3 Å². The molecule has 0 bridgehead atoms. The van der Waals surface area contributed by atoms with Crippen LogP contribution in [0.4, 0.5) is 0 Å². The minimum atomic E-state index is -3.76.